The van der Waals surface area contributed by atoms with E-state index in [1.807, 2.05) is 61.4 Å². The van der Waals surface area contributed by atoms with E-state index >= 15 is 0 Å². The number of fused-ring (bicyclic) bond motifs is 1. The number of likely N-dealkylation sites (N-methyl/N-ethyl adjacent to an activating group) is 2. The minimum absolute atomic E-state index is 0.0293. The van der Waals surface area contributed by atoms with Crippen molar-refractivity contribution >= 4 is 47.3 Å². The first-order chi connectivity index (χ1) is 35.7. The van der Waals surface area contributed by atoms with Crippen LogP contribution in [0.2, 0.25) is 0 Å². The number of aldehydes is 1. The molecule has 2 aromatic rings. The lowest BCUT2D eigenvalue weighted by Crippen LogP contribution is -2.66. The highest BCUT2D eigenvalue weighted by Gasteiger charge is 2.55. The van der Waals surface area contributed by atoms with E-state index < -0.39 is 128 Å². The fraction of sp³-hybridized carbons (Fsp3) is 0.709. The van der Waals surface area contributed by atoms with Gasteiger partial charge in [-0.2, -0.15) is 0 Å². The van der Waals surface area contributed by atoms with Crippen molar-refractivity contribution in [3.63, 3.8) is 0 Å². The summed E-state index contributed by atoms with van der Waals surface area (Å²) in [5.74, 6) is -2.91. The van der Waals surface area contributed by atoms with Gasteiger partial charge in [-0.15, -0.1) is 0 Å². The van der Waals surface area contributed by atoms with Gasteiger partial charge in [-0.05, 0) is 104 Å². The molecule has 0 radical (unpaired) electrons. The average Bonchev–Trinajstić information content (AvgIpc) is 3.35. The number of ether oxygens (including phenoxy) is 9. The normalized spacial score (nSPS) is 33.9. The predicted molar refractivity (Wildman–Crippen MR) is 277 cm³/mol. The van der Waals surface area contributed by atoms with Gasteiger partial charge in [0.2, 0.25) is 0 Å². The zero-order valence-corrected chi connectivity index (χ0v) is 45.8. The van der Waals surface area contributed by atoms with Crippen LogP contribution < -0.4 is 5.32 Å². The molecule has 3 N–H and O–H groups in total. The van der Waals surface area contributed by atoms with E-state index in [1.165, 1.54) is 7.11 Å². The van der Waals surface area contributed by atoms with Crippen molar-refractivity contribution in [2.45, 2.75) is 192 Å². The Kier molecular flexibility index (Phi) is 23.8. The Morgan fingerprint density at radius 1 is 0.973 bits per heavy atom. The molecule has 75 heavy (non-hydrogen) atoms. The summed E-state index contributed by atoms with van der Waals surface area (Å²) in [5, 5.41) is 27.7. The van der Waals surface area contributed by atoms with Crippen LogP contribution in [-0.2, 0) is 61.8 Å². The number of benzene rings is 1. The van der Waals surface area contributed by atoms with Crippen LogP contribution in [0.4, 0.5) is 4.79 Å². The van der Waals surface area contributed by atoms with Gasteiger partial charge in [0.05, 0.1) is 42.4 Å². The van der Waals surface area contributed by atoms with Gasteiger partial charge in [0, 0.05) is 63.9 Å². The molecule has 0 bridgehead atoms. The summed E-state index contributed by atoms with van der Waals surface area (Å²) in [6.45, 7) is 13.2. The number of nitrogens with one attached hydrogen (secondary N) is 1. The van der Waals surface area contributed by atoms with Crippen LogP contribution in [0.5, 0.6) is 0 Å². The third-order valence-corrected chi connectivity index (χ3v) is 14.4. The standard InChI is InChI=1S/C55H84N4O16/c1-12-43(62)71-42-29-45(64)70-39(21-17-19-36-28-37-20-15-16-23-40(37)57-31-36)22-18-25-59(10)32-41(61)33(4)27-38(24-26-60)50(51(42)67-11)73-53-48(65)47(58(8)9)49(34(5)69-53)72-46-30-55(7,75-44(63)13-2)52(35(6)68-46)74-54(66)56-14-3/h15-17,19-20,23,26,28,31,33-35,38-39,41-42,46-53,61,65H,12-14,18,21-22,24-25,27,29-30,32H2,1-11H3,(H,56,66)/b19-17+/t33-,34-,35+,38+,39+,41+,42-,46+,47-,48-,49-,50+,51+,52+,53+,55-/m1/s1. The van der Waals surface area contributed by atoms with Crippen molar-refractivity contribution in [3.05, 3.63) is 48.2 Å². The molecule has 0 unspecified atom stereocenters. The van der Waals surface area contributed by atoms with Crippen LogP contribution in [0.1, 0.15) is 112 Å². The van der Waals surface area contributed by atoms with Gasteiger partial charge in [-0.3, -0.25) is 19.4 Å². The highest BCUT2D eigenvalue weighted by Crippen LogP contribution is 2.39. The highest BCUT2D eigenvalue weighted by molar-refractivity contribution is 5.80. The number of hydrogen-bond acceptors (Lipinski definition) is 19. The molecule has 3 fully saturated rings. The summed E-state index contributed by atoms with van der Waals surface area (Å²) in [6, 6.07) is 9.01. The molecule has 3 saturated heterocycles. The van der Waals surface area contributed by atoms with Gasteiger partial charge in [-0.25, -0.2) is 4.79 Å². The van der Waals surface area contributed by atoms with Gasteiger partial charge in [0.1, 0.15) is 36.8 Å². The zero-order valence-electron chi connectivity index (χ0n) is 45.8. The molecule has 0 aliphatic carbocycles. The van der Waals surface area contributed by atoms with Crippen LogP contribution in [0.25, 0.3) is 17.0 Å². The van der Waals surface area contributed by atoms with Crippen LogP contribution in [0, 0.1) is 11.8 Å². The van der Waals surface area contributed by atoms with Gasteiger partial charge in [0.25, 0.3) is 0 Å². The Morgan fingerprint density at radius 2 is 1.71 bits per heavy atom. The van der Waals surface area contributed by atoms with Crippen molar-refractivity contribution < 1.29 is 76.8 Å². The minimum Gasteiger partial charge on any atom is -0.462 e. The Hall–Kier alpha value is -4.64. The molecular weight excluding hydrogens is 973 g/mol. The van der Waals surface area contributed by atoms with Gasteiger partial charge in [-0.1, -0.05) is 51.1 Å². The van der Waals surface area contributed by atoms with E-state index in [9.17, 15) is 34.2 Å². The van der Waals surface area contributed by atoms with Crippen molar-refractivity contribution in [3.8, 4) is 0 Å². The number of methoxy groups -OCH3 is 1. The molecule has 0 spiro atoms. The lowest BCUT2D eigenvalue weighted by Gasteiger charge is -2.50. The molecule has 20 nitrogen and oxygen atoms in total. The smallest absolute Gasteiger partial charge is 0.407 e. The molecule has 1 aromatic heterocycles. The molecule has 16 atom stereocenters. The molecule has 5 rings (SSSR count). The average molecular weight is 1060 g/mol. The topological polar surface area (TPSA) is 240 Å². The highest BCUT2D eigenvalue weighted by atomic mass is 16.7. The predicted octanol–water partition coefficient (Wildman–Crippen LogP) is 5.36. The van der Waals surface area contributed by atoms with Crippen LogP contribution in [-0.4, -0.2) is 188 Å². The number of β-amino-alcohol motifs (C(OH)–C–C–N with tert-alkyl or cyclic N) is 1. The first-order valence-corrected chi connectivity index (χ1v) is 26.6. The number of carbonyl (C=O) groups is 5. The van der Waals surface area contributed by atoms with Gasteiger partial charge >= 0.3 is 24.0 Å². The minimum atomic E-state index is -1.45. The Balaban J connectivity index is 1.45. The molecule has 1 aromatic carbocycles. The van der Waals surface area contributed by atoms with Crippen LogP contribution >= 0.6 is 0 Å². The molecule has 3 aliphatic heterocycles. The van der Waals surface area contributed by atoms with Crippen molar-refractivity contribution in [2.75, 3.05) is 47.9 Å². The van der Waals surface area contributed by atoms with Crippen LogP contribution in [0.3, 0.4) is 0 Å². The molecule has 20 heteroatoms. The van der Waals surface area contributed by atoms with Crippen LogP contribution in [0.15, 0.2) is 42.6 Å². The maximum absolute atomic E-state index is 14.2. The third-order valence-electron chi connectivity index (χ3n) is 14.4. The first kappa shape index (κ1) is 61.2. The Bertz CT molecular complexity index is 2180. The number of hydrogen-bond donors (Lipinski definition) is 3. The number of aliphatic hydroxyl groups is 2. The van der Waals surface area contributed by atoms with Gasteiger partial charge in [0.15, 0.2) is 24.3 Å². The number of rotatable bonds is 17. The number of alkyl carbamates (subject to hydrolysis) is 1. The van der Waals surface area contributed by atoms with Crippen molar-refractivity contribution in [1.82, 2.24) is 20.1 Å². The fourth-order valence-corrected chi connectivity index (χ4v) is 10.5. The largest absolute Gasteiger partial charge is 0.462 e. The summed E-state index contributed by atoms with van der Waals surface area (Å²) >= 11 is 0. The summed E-state index contributed by atoms with van der Waals surface area (Å²) in [4.78, 5) is 73.9. The molecule has 0 saturated carbocycles. The number of para-hydroxylation sites is 1. The summed E-state index contributed by atoms with van der Waals surface area (Å²) < 4.78 is 56.4. The molecule has 3 aliphatic rings. The molecule has 4 heterocycles. The number of nitrogens with zero attached hydrogens (tertiary/aromatic N) is 3. The van der Waals surface area contributed by atoms with E-state index in [4.69, 9.17) is 42.6 Å². The van der Waals surface area contributed by atoms with Crippen molar-refractivity contribution in [1.29, 1.82) is 0 Å². The second kappa shape index (κ2) is 29.2. The second-order valence-electron chi connectivity index (χ2n) is 20.7. The fourth-order valence-electron chi connectivity index (χ4n) is 10.5. The number of cyclic esters (lactones) is 1. The maximum Gasteiger partial charge on any atom is 0.407 e. The van der Waals surface area contributed by atoms with Crippen molar-refractivity contribution in [2.24, 2.45) is 11.8 Å². The maximum atomic E-state index is 14.2. The van der Waals surface area contributed by atoms with E-state index in [2.05, 4.69) is 10.3 Å². The van der Waals surface area contributed by atoms with Gasteiger partial charge < -0.3 is 72.8 Å². The Morgan fingerprint density at radius 3 is 2.39 bits per heavy atom. The number of esters is 3. The summed E-state index contributed by atoms with van der Waals surface area (Å²) in [6.07, 6.45) is -5.64. The lowest BCUT2D eigenvalue weighted by molar-refractivity contribution is -0.344. The number of pyridine rings is 1. The number of aromatic nitrogens is 1. The number of aliphatic hydroxyl groups excluding tert-OH is 2. The quantitative estimate of drug-likeness (QED) is 0.103. The Labute approximate surface area is 442 Å². The second-order valence-corrected chi connectivity index (χ2v) is 20.7. The van der Waals surface area contributed by atoms with E-state index in [1.54, 1.807) is 66.7 Å². The number of amides is 1. The monoisotopic (exact) mass is 1060 g/mol. The zero-order chi connectivity index (χ0) is 55.0. The molecule has 1 amide bonds. The first-order valence-electron chi connectivity index (χ1n) is 26.6. The SMILES string of the molecule is CCNC(=O)O[C@H]1[C@H](C)O[C@@H](O[C@H]2[C@H](N(C)C)[C@@H](O)[C@H](O[C@H]3[C@@H](CC=O)C[C@@H](C)[C@@H](O)CN(C)CCC[C@H](C/C=C/c4cnc5ccccc5c4)OC(=O)C[C@@H](OC(=O)CC)[C@@H]3OC)O[C@@H]2C)C[C@@]1(C)OC(=O)CC. The van der Waals surface area contributed by atoms with E-state index in [0.717, 1.165) is 22.8 Å². The third kappa shape index (κ3) is 17.2. The summed E-state index contributed by atoms with van der Waals surface area (Å²) in [7, 11) is 6.80. The van der Waals surface area contributed by atoms with E-state index in [-0.39, 0.29) is 32.1 Å². The molecular formula is C55H84N4O16. The number of carbonyl (C=O) groups excluding carboxylic acids is 5. The summed E-state index contributed by atoms with van der Waals surface area (Å²) in [5.41, 5.74) is 0.388. The molecule has 420 valence electrons. The van der Waals surface area contributed by atoms with E-state index in [0.29, 0.717) is 38.9 Å². The lowest BCUT2D eigenvalue weighted by atomic mass is 9.82.